The van der Waals surface area contributed by atoms with Crippen LogP contribution in [0.15, 0.2) is 41.4 Å². The molecule has 0 aliphatic heterocycles. The molecular formula is C19H24ClIN4O3. The molecule has 2 aromatic carbocycles. The Morgan fingerprint density at radius 3 is 2.57 bits per heavy atom. The van der Waals surface area contributed by atoms with Crippen molar-refractivity contribution in [2.45, 2.75) is 13.3 Å². The lowest BCUT2D eigenvalue weighted by atomic mass is 10.2. The second kappa shape index (κ2) is 11.6. The fraction of sp³-hybridized carbons (Fsp3) is 0.263. The van der Waals surface area contributed by atoms with Crippen LogP contribution in [0.1, 0.15) is 12.0 Å². The first-order chi connectivity index (χ1) is 12.9. The fourth-order valence-electron chi connectivity index (χ4n) is 2.32. The fourth-order valence-corrected chi connectivity index (χ4v) is 2.50. The van der Waals surface area contributed by atoms with Gasteiger partial charge in [0, 0.05) is 23.2 Å². The normalized spacial score (nSPS) is 10.6. The van der Waals surface area contributed by atoms with Crippen LogP contribution in [0.4, 0.5) is 11.4 Å². The number of halogens is 2. The van der Waals surface area contributed by atoms with E-state index in [9.17, 15) is 4.79 Å². The largest absolute Gasteiger partial charge is 0.497 e. The second-order valence-electron chi connectivity index (χ2n) is 5.67. The van der Waals surface area contributed by atoms with Crippen molar-refractivity contribution in [3.63, 3.8) is 0 Å². The van der Waals surface area contributed by atoms with E-state index in [-0.39, 0.29) is 48.8 Å². The average molecular weight is 519 g/mol. The molecule has 152 valence electrons. The molecule has 1 amide bonds. The van der Waals surface area contributed by atoms with Crippen LogP contribution in [0.25, 0.3) is 0 Å². The Morgan fingerprint density at radius 1 is 1.14 bits per heavy atom. The SMILES string of the molecule is COc1ccc(OC)c(NC(N)=NCCC(=O)Nc2cccc(Cl)c2C)c1.I. The van der Waals surface area contributed by atoms with Crippen molar-refractivity contribution < 1.29 is 14.3 Å². The van der Waals surface area contributed by atoms with E-state index < -0.39 is 0 Å². The van der Waals surface area contributed by atoms with Crippen molar-refractivity contribution in [1.82, 2.24) is 0 Å². The summed E-state index contributed by atoms with van der Waals surface area (Å²) in [7, 11) is 3.13. The third-order valence-electron chi connectivity index (χ3n) is 3.83. The van der Waals surface area contributed by atoms with Crippen molar-refractivity contribution in [2.75, 3.05) is 31.4 Å². The van der Waals surface area contributed by atoms with E-state index in [0.29, 0.717) is 27.9 Å². The first kappa shape index (κ1) is 23.8. The third-order valence-corrected chi connectivity index (χ3v) is 4.24. The first-order valence-electron chi connectivity index (χ1n) is 8.28. The number of ether oxygens (including phenoxy) is 2. The van der Waals surface area contributed by atoms with Gasteiger partial charge in [-0.05, 0) is 36.8 Å². The molecule has 0 aliphatic rings. The maximum atomic E-state index is 12.1. The number of nitrogens with zero attached hydrogens (tertiary/aromatic N) is 1. The number of aliphatic imine (C=N–C) groups is 1. The highest BCUT2D eigenvalue weighted by Crippen LogP contribution is 2.28. The Bertz CT molecular complexity index is 846. The van der Waals surface area contributed by atoms with Crippen LogP contribution in [0.5, 0.6) is 11.5 Å². The van der Waals surface area contributed by atoms with Crippen molar-refractivity contribution in [3.8, 4) is 11.5 Å². The maximum absolute atomic E-state index is 12.1. The summed E-state index contributed by atoms with van der Waals surface area (Å²) >= 11 is 6.05. The number of benzene rings is 2. The number of rotatable bonds is 7. The van der Waals surface area contributed by atoms with E-state index in [1.807, 2.05) is 6.92 Å². The molecule has 0 fully saturated rings. The molecular weight excluding hydrogens is 495 g/mol. The smallest absolute Gasteiger partial charge is 0.226 e. The van der Waals surface area contributed by atoms with Gasteiger partial charge in [-0.3, -0.25) is 9.79 Å². The van der Waals surface area contributed by atoms with Crippen molar-refractivity contribution >= 4 is 58.8 Å². The van der Waals surface area contributed by atoms with Crippen LogP contribution in [-0.4, -0.2) is 32.6 Å². The van der Waals surface area contributed by atoms with Crippen LogP contribution >= 0.6 is 35.6 Å². The lowest BCUT2D eigenvalue weighted by Crippen LogP contribution is -2.24. The number of nitrogens with one attached hydrogen (secondary N) is 2. The van der Waals surface area contributed by atoms with Gasteiger partial charge in [0.25, 0.3) is 0 Å². The summed E-state index contributed by atoms with van der Waals surface area (Å²) in [6.07, 6.45) is 0.184. The molecule has 2 aromatic rings. The number of carbonyl (C=O) groups excluding carboxylic acids is 1. The standard InChI is InChI=1S/C19H23ClN4O3.HI/c1-12-14(20)5-4-6-15(12)23-18(25)9-10-22-19(21)24-16-11-13(26-2)7-8-17(16)27-3;/h4-8,11H,9-10H2,1-3H3,(H,23,25)(H3,21,22,24);1H. The predicted molar refractivity (Wildman–Crippen MR) is 125 cm³/mol. The Hall–Kier alpha value is -2.20. The zero-order valence-electron chi connectivity index (χ0n) is 15.9. The number of hydrogen-bond acceptors (Lipinski definition) is 4. The molecule has 4 N–H and O–H groups in total. The number of methoxy groups -OCH3 is 2. The van der Waals surface area contributed by atoms with Crippen LogP contribution in [0.2, 0.25) is 5.02 Å². The summed E-state index contributed by atoms with van der Waals surface area (Å²) in [6, 6.07) is 10.6. The van der Waals surface area contributed by atoms with Gasteiger partial charge >= 0.3 is 0 Å². The van der Waals surface area contributed by atoms with E-state index in [1.54, 1.807) is 50.6 Å². The zero-order chi connectivity index (χ0) is 19.8. The molecule has 0 radical (unpaired) electrons. The van der Waals surface area contributed by atoms with Gasteiger partial charge in [-0.1, -0.05) is 17.7 Å². The highest BCUT2D eigenvalue weighted by molar-refractivity contribution is 14.0. The Labute approximate surface area is 186 Å². The van der Waals surface area contributed by atoms with Crippen LogP contribution in [0.3, 0.4) is 0 Å². The van der Waals surface area contributed by atoms with Gasteiger partial charge in [0.15, 0.2) is 5.96 Å². The molecule has 0 saturated carbocycles. The molecule has 0 heterocycles. The van der Waals surface area contributed by atoms with E-state index >= 15 is 0 Å². The van der Waals surface area contributed by atoms with Crippen molar-refractivity contribution in [2.24, 2.45) is 10.7 Å². The Kier molecular flexibility index (Phi) is 9.88. The summed E-state index contributed by atoms with van der Waals surface area (Å²) < 4.78 is 10.5. The number of guanidine groups is 1. The van der Waals surface area contributed by atoms with Crippen LogP contribution in [-0.2, 0) is 4.79 Å². The number of hydrogen-bond donors (Lipinski definition) is 3. The molecule has 7 nitrogen and oxygen atoms in total. The molecule has 0 atom stereocenters. The molecule has 0 aliphatic carbocycles. The monoisotopic (exact) mass is 518 g/mol. The Morgan fingerprint density at radius 2 is 1.89 bits per heavy atom. The van der Waals surface area contributed by atoms with Gasteiger partial charge < -0.3 is 25.8 Å². The summed E-state index contributed by atoms with van der Waals surface area (Å²) in [5.41, 5.74) is 8.02. The average Bonchev–Trinajstić information content (AvgIpc) is 2.65. The number of amides is 1. The number of anilines is 2. The summed E-state index contributed by atoms with van der Waals surface area (Å²) in [4.78, 5) is 16.3. The minimum absolute atomic E-state index is 0. The summed E-state index contributed by atoms with van der Waals surface area (Å²) in [5, 5.41) is 6.37. The van der Waals surface area contributed by atoms with Gasteiger partial charge in [0.2, 0.25) is 5.91 Å². The Balaban J connectivity index is 0.00000392. The molecule has 0 aromatic heterocycles. The van der Waals surface area contributed by atoms with E-state index in [0.717, 1.165) is 5.56 Å². The highest BCUT2D eigenvalue weighted by atomic mass is 127. The van der Waals surface area contributed by atoms with Gasteiger partial charge in [-0.15, -0.1) is 24.0 Å². The minimum atomic E-state index is -0.170. The van der Waals surface area contributed by atoms with E-state index in [2.05, 4.69) is 15.6 Å². The van der Waals surface area contributed by atoms with Gasteiger partial charge in [0.05, 0.1) is 26.5 Å². The number of nitrogens with two attached hydrogens (primary N) is 1. The minimum Gasteiger partial charge on any atom is -0.497 e. The molecule has 0 saturated heterocycles. The molecule has 0 spiro atoms. The van der Waals surface area contributed by atoms with Crippen molar-refractivity contribution in [3.05, 3.63) is 47.0 Å². The molecule has 9 heteroatoms. The van der Waals surface area contributed by atoms with Gasteiger partial charge in [-0.2, -0.15) is 0 Å². The zero-order valence-corrected chi connectivity index (χ0v) is 19.0. The van der Waals surface area contributed by atoms with E-state index in [1.165, 1.54) is 0 Å². The molecule has 0 bridgehead atoms. The lowest BCUT2D eigenvalue weighted by molar-refractivity contribution is -0.116. The van der Waals surface area contributed by atoms with Crippen LogP contribution in [0, 0.1) is 6.92 Å². The van der Waals surface area contributed by atoms with Gasteiger partial charge in [-0.25, -0.2) is 0 Å². The highest BCUT2D eigenvalue weighted by Gasteiger charge is 2.08. The maximum Gasteiger partial charge on any atom is 0.226 e. The van der Waals surface area contributed by atoms with Gasteiger partial charge in [0.1, 0.15) is 11.5 Å². The third kappa shape index (κ3) is 6.75. The predicted octanol–water partition coefficient (Wildman–Crippen LogP) is 4.04. The topological polar surface area (TPSA) is 98.0 Å². The van der Waals surface area contributed by atoms with Crippen molar-refractivity contribution in [1.29, 1.82) is 0 Å². The molecule has 0 unspecified atom stereocenters. The quantitative estimate of drug-likeness (QED) is 0.292. The summed E-state index contributed by atoms with van der Waals surface area (Å²) in [6.45, 7) is 2.08. The molecule has 2 rings (SSSR count). The molecule has 28 heavy (non-hydrogen) atoms. The van der Waals surface area contributed by atoms with Crippen LogP contribution < -0.4 is 25.8 Å². The summed E-state index contributed by atoms with van der Waals surface area (Å²) in [5.74, 6) is 1.26. The first-order valence-corrected chi connectivity index (χ1v) is 8.66. The lowest BCUT2D eigenvalue weighted by Gasteiger charge is -2.12. The van der Waals surface area contributed by atoms with E-state index in [4.69, 9.17) is 26.8 Å². The number of carbonyl (C=O) groups is 1. The second-order valence-corrected chi connectivity index (χ2v) is 6.08.